The molecule has 4 atom stereocenters. The van der Waals surface area contributed by atoms with Gasteiger partial charge in [0.05, 0.1) is 6.10 Å². The molecule has 0 aromatic rings. The lowest BCUT2D eigenvalue weighted by atomic mass is 9.46. The molecule has 0 heterocycles. The molecule has 1 nitrogen and oxygen atoms in total. The molecule has 1 N–H and O–H groups in total. The van der Waals surface area contributed by atoms with E-state index < -0.39 is 0 Å². The molecule has 0 aromatic carbocycles. The Balaban J connectivity index is 2.15. The van der Waals surface area contributed by atoms with Crippen LogP contribution in [0, 0.1) is 21.7 Å². The van der Waals surface area contributed by atoms with Crippen LogP contribution in [-0.4, -0.2) is 11.2 Å². The van der Waals surface area contributed by atoms with Gasteiger partial charge in [0.1, 0.15) is 0 Å². The predicted octanol–water partition coefficient (Wildman–Crippen LogP) is 3.75. The van der Waals surface area contributed by atoms with Crippen molar-refractivity contribution in [1.29, 1.82) is 0 Å². The van der Waals surface area contributed by atoms with Crippen molar-refractivity contribution < 1.29 is 5.11 Å². The van der Waals surface area contributed by atoms with Gasteiger partial charge in [-0.1, -0.05) is 34.1 Å². The first-order chi connectivity index (χ1) is 7.28. The van der Waals surface area contributed by atoms with Crippen molar-refractivity contribution in [2.45, 2.75) is 72.3 Å². The largest absolute Gasteiger partial charge is 0.392 e. The van der Waals surface area contributed by atoms with Crippen LogP contribution in [0.3, 0.4) is 0 Å². The Kier molecular flexibility index (Phi) is 1.86. The monoisotopic (exact) mass is 222 g/mol. The van der Waals surface area contributed by atoms with Crippen LogP contribution < -0.4 is 0 Å². The van der Waals surface area contributed by atoms with Crippen LogP contribution in [0.2, 0.25) is 0 Å². The third-order valence-electron chi connectivity index (χ3n) is 6.98. The summed E-state index contributed by atoms with van der Waals surface area (Å²) in [5.74, 6) is 0. The number of rotatable bonds is 0. The quantitative estimate of drug-likeness (QED) is 0.662. The van der Waals surface area contributed by atoms with Crippen molar-refractivity contribution >= 4 is 0 Å². The Hall–Kier alpha value is -0.0400. The molecule has 3 rings (SSSR count). The second kappa shape index (κ2) is 2.68. The van der Waals surface area contributed by atoms with E-state index in [1.165, 1.54) is 38.5 Å². The molecule has 0 aromatic heterocycles. The van der Waals surface area contributed by atoms with E-state index in [1.807, 2.05) is 0 Å². The molecule has 3 fully saturated rings. The fourth-order valence-electron chi connectivity index (χ4n) is 5.98. The first kappa shape index (κ1) is 11.1. The van der Waals surface area contributed by atoms with E-state index in [-0.39, 0.29) is 16.9 Å². The molecule has 1 heteroatoms. The van der Waals surface area contributed by atoms with Gasteiger partial charge >= 0.3 is 0 Å². The zero-order chi connectivity index (χ0) is 11.8. The van der Waals surface area contributed by atoms with Crippen LogP contribution >= 0.6 is 0 Å². The Bertz CT molecular complexity index is 334. The number of fused-ring (bicyclic) bond motifs is 1. The summed E-state index contributed by atoms with van der Waals surface area (Å²) in [4.78, 5) is 0. The van der Waals surface area contributed by atoms with Gasteiger partial charge in [-0.3, -0.25) is 0 Å². The lowest BCUT2D eigenvalue weighted by Gasteiger charge is -2.59. The van der Waals surface area contributed by atoms with Crippen molar-refractivity contribution in [3.05, 3.63) is 0 Å². The summed E-state index contributed by atoms with van der Waals surface area (Å²) in [5.41, 5.74) is 1.26. The molecule has 0 radical (unpaired) electrons. The highest BCUT2D eigenvalue weighted by Crippen LogP contribution is 2.78. The predicted molar refractivity (Wildman–Crippen MR) is 66.1 cm³/mol. The average Bonchev–Trinajstić information content (AvgIpc) is 2.62. The van der Waals surface area contributed by atoms with Crippen molar-refractivity contribution in [2.24, 2.45) is 21.7 Å². The Morgan fingerprint density at radius 3 is 2.25 bits per heavy atom. The highest BCUT2D eigenvalue weighted by atomic mass is 16.3. The maximum absolute atomic E-state index is 10.8. The SMILES string of the molecule is CC1(C)CCC[C@@]2(C)[C@H](O)[C@]3(C)CC[C@]12C3. The molecule has 16 heavy (non-hydrogen) atoms. The van der Waals surface area contributed by atoms with Gasteiger partial charge in [0, 0.05) is 5.41 Å². The van der Waals surface area contributed by atoms with E-state index in [9.17, 15) is 5.11 Å². The lowest BCUT2D eigenvalue weighted by Crippen LogP contribution is -2.55. The minimum atomic E-state index is -0.0617. The van der Waals surface area contributed by atoms with Crippen LogP contribution in [0.15, 0.2) is 0 Å². The fourth-order valence-corrected chi connectivity index (χ4v) is 5.98. The van der Waals surface area contributed by atoms with Gasteiger partial charge in [0.2, 0.25) is 0 Å². The Morgan fingerprint density at radius 1 is 0.938 bits per heavy atom. The van der Waals surface area contributed by atoms with E-state index in [1.54, 1.807) is 0 Å². The van der Waals surface area contributed by atoms with Gasteiger partial charge in [-0.05, 0) is 48.3 Å². The normalized spacial score (nSPS) is 58.7. The van der Waals surface area contributed by atoms with Gasteiger partial charge in [-0.25, -0.2) is 0 Å². The second-order valence-corrected chi connectivity index (χ2v) is 7.97. The third kappa shape index (κ3) is 0.903. The molecule has 3 saturated carbocycles. The molecule has 3 aliphatic rings. The number of hydrogen-bond acceptors (Lipinski definition) is 1. The van der Waals surface area contributed by atoms with Gasteiger partial charge in [-0.2, -0.15) is 0 Å². The molecule has 3 aliphatic carbocycles. The lowest BCUT2D eigenvalue weighted by molar-refractivity contribution is -0.146. The molecule has 1 spiro atoms. The number of hydrogen-bond donors (Lipinski definition) is 1. The van der Waals surface area contributed by atoms with E-state index in [0.717, 1.165) is 0 Å². The fraction of sp³-hybridized carbons (Fsp3) is 1.00. The highest BCUT2D eigenvalue weighted by molar-refractivity contribution is 5.22. The average molecular weight is 222 g/mol. The molecular weight excluding hydrogens is 196 g/mol. The molecule has 0 saturated heterocycles. The summed E-state index contributed by atoms with van der Waals surface area (Å²) in [6.45, 7) is 9.61. The first-order valence-electron chi connectivity index (χ1n) is 6.96. The zero-order valence-electron chi connectivity index (χ0n) is 11.3. The summed E-state index contributed by atoms with van der Waals surface area (Å²) in [6, 6.07) is 0. The van der Waals surface area contributed by atoms with Crippen LogP contribution in [-0.2, 0) is 0 Å². The number of aliphatic hydroxyl groups is 1. The molecule has 2 bridgehead atoms. The first-order valence-corrected chi connectivity index (χ1v) is 6.96. The van der Waals surface area contributed by atoms with Crippen LogP contribution in [0.4, 0.5) is 0 Å². The molecular formula is C15H26O. The van der Waals surface area contributed by atoms with E-state index in [0.29, 0.717) is 10.8 Å². The molecule has 0 unspecified atom stereocenters. The van der Waals surface area contributed by atoms with Gasteiger partial charge in [0.25, 0.3) is 0 Å². The maximum atomic E-state index is 10.8. The minimum absolute atomic E-state index is 0.0617. The van der Waals surface area contributed by atoms with E-state index >= 15 is 0 Å². The maximum Gasteiger partial charge on any atom is 0.0653 e. The Morgan fingerprint density at radius 2 is 1.62 bits per heavy atom. The Labute approximate surface area is 99.6 Å². The van der Waals surface area contributed by atoms with Crippen LogP contribution in [0.5, 0.6) is 0 Å². The van der Waals surface area contributed by atoms with E-state index in [2.05, 4.69) is 27.7 Å². The minimum Gasteiger partial charge on any atom is -0.392 e. The second-order valence-electron chi connectivity index (χ2n) is 7.97. The van der Waals surface area contributed by atoms with Gasteiger partial charge in [-0.15, -0.1) is 0 Å². The van der Waals surface area contributed by atoms with Crippen molar-refractivity contribution in [2.75, 3.05) is 0 Å². The summed E-state index contributed by atoms with van der Waals surface area (Å²) in [7, 11) is 0. The van der Waals surface area contributed by atoms with Crippen LogP contribution in [0.1, 0.15) is 66.2 Å². The summed E-state index contributed by atoms with van der Waals surface area (Å²) in [6.07, 6.45) is 7.70. The standard InChI is InChI=1S/C15H26O/c1-12(2)6-5-7-14(4)11(16)13(3)8-9-15(12,14)10-13/h11,16H,5-10H2,1-4H3/t11-,13-,14+,15+/m1/s1. The van der Waals surface area contributed by atoms with Crippen LogP contribution in [0.25, 0.3) is 0 Å². The molecule has 92 valence electrons. The van der Waals surface area contributed by atoms with E-state index in [4.69, 9.17) is 0 Å². The van der Waals surface area contributed by atoms with Gasteiger partial charge in [0.15, 0.2) is 0 Å². The summed E-state index contributed by atoms with van der Waals surface area (Å²) in [5, 5.41) is 10.8. The topological polar surface area (TPSA) is 20.2 Å². The van der Waals surface area contributed by atoms with Crippen molar-refractivity contribution in [3.63, 3.8) is 0 Å². The smallest absolute Gasteiger partial charge is 0.0653 e. The van der Waals surface area contributed by atoms with Crippen molar-refractivity contribution in [3.8, 4) is 0 Å². The van der Waals surface area contributed by atoms with Crippen molar-refractivity contribution in [1.82, 2.24) is 0 Å². The highest BCUT2D eigenvalue weighted by Gasteiger charge is 2.73. The zero-order valence-corrected chi connectivity index (χ0v) is 11.3. The third-order valence-corrected chi connectivity index (χ3v) is 6.98. The number of aliphatic hydroxyl groups excluding tert-OH is 1. The summed E-state index contributed by atoms with van der Waals surface area (Å²) >= 11 is 0. The molecule has 0 aliphatic heterocycles. The van der Waals surface area contributed by atoms with Gasteiger partial charge < -0.3 is 5.11 Å². The summed E-state index contributed by atoms with van der Waals surface area (Å²) < 4.78 is 0. The molecule has 0 amide bonds.